The number of aryl methyl sites for hydroxylation is 2. The lowest BCUT2D eigenvalue weighted by atomic mass is 10.2. The van der Waals surface area contributed by atoms with Gasteiger partial charge in [-0.2, -0.15) is 4.31 Å². The number of imidazole rings is 1. The van der Waals surface area contributed by atoms with Gasteiger partial charge >= 0.3 is 0 Å². The Labute approximate surface area is 170 Å². The minimum absolute atomic E-state index is 0.364. The summed E-state index contributed by atoms with van der Waals surface area (Å²) < 4.78 is 32.2. The van der Waals surface area contributed by atoms with Crippen LogP contribution in [0.25, 0.3) is 11.0 Å². The molecule has 6 nitrogen and oxygen atoms in total. The van der Waals surface area contributed by atoms with Crippen molar-refractivity contribution in [2.75, 3.05) is 26.2 Å². The van der Waals surface area contributed by atoms with Gasteiger partial charge in [-0.05, 0) is 43.4 Å². The molecule has 148 valence electrons. The molecule has 4 rings (SSSR count). The maximum absolute atomic E-state index is 12.9. The zero-order chi connectivity index (χ0) is 19.9. The first-order chi connectivity index (χ1) is 13.4. The van der Waals surface area contributed by atoms with Crippen LogP contribution in [0.5, 0.6) is 0 Å². The van der Waals surface area contributed by atoms with Gasteiger partial charge in [0.1, 0.15) is 0 Å². The lowest BCUT2D eigenvalue weighted by Gasteiger charge is -2.34. The number of hydrogen-bond acceptors (Lipinski definition) is 4. The smallest absolute Gasteiger partial charge is 0.243 e. The Bertz CT molecular complexity index is 1160. The summed E-state index contributed by atoms with van der Waals surface area (Å²) >= 11 is 5.61. The maximum atomic E-state index is 12.9. The Kier molecular flexibility index (Phi) is 5.13. The fourth-order valence-electron chi connectivity index (χ4n) is 3.67. The van der Waals surface area contributed by atoms with E-state index < -0.39 is 10.0 Å². The summed E-state index contributed by atoms with van der Waals surface area (Å²) in [5.41, 5.74) is 3.26. The molecule has 0 saturated carbocycles. The standard InChI is InChI=1S/C20H24N4O2S2/c1-16-7-9-17(10-8-16)28(25,26)23-13-11-22(12-14-23)15-24-19-6-4-3-5-18(19)21(2)20(24)27/h3-10H,11-15H2,1-2H3. The Morgan fingerprint density at radius 1 is 0.929 bits per heavy atom. The van der Waals surface area contributed by atoms with E-state index in [-0.39, 0.29) is 0 Å². The summed E-state index contributed by atoms with van der Waals surface area (Å²) in [6.45, 7) is 4.93. The summed E-state index contributed by atoms with van der Waals surface area (Å²) in [5.74, 6) is 0. The maximum Gasteiger partial charge on any atom is 0.243 e. The summed E-state index contributed by atoms with van der Waals surface area (Å²) in [7, 11) is -1.46. The summed E-state index contributed by atoms with van der Waals surface area (Å²) in [6.07, 6.45) is 0. The molecule has 0 radical (unpaired) electrons. The van der Waals surface area contributed by atoms with E-state index in [1.165, 1.54) is 0 Å². The van der Waals surface area contributed by atoms with Gasteiger partial charge in [-0.1, -0.05) is 29.8 Å². The van der Waals surface area contributed by atoms with Crippen molar-refractivity contribution in [3.63, 3.8) is 0 Å². The van der Waals surface area contributed by atoms with Crippen molar-refractivity contribution in [1.29, 1.82) is 0 Å². The minimum Gasteiger partial charge on any atom is -0.320 e. The van der Waals surface area contributed by atoms with E-state index in [0.717, 1.165) is 21.4 Å². The number of aromatic nitrogens is 2. The summed E-state index contributed by atoms with van der Waals surface area (Å²) in [5, 5.41) is 0. The normalized spacial score (nSPS) is 16.6. The number of benzene rings is 2. The van der Waals surface area contributed by atoms with Crippen molar-refractivity contribution in [3.05, 3.63) is 58.9 Å². The molecule has 0 atom stereocenters. The van der Waals surface area contributed by atoms with Crippen LogP contribution in [0.1, 0.15) is 5.56 Å². The molecule has 1 fully saturated rings. The molecular formula is C20H24N4O2S2. The van der Waals surface area contributed by atoms with Gasteiger partial charge in [-0.3, -0.25) is 4.90 Å². The molecule has 1 aromatic heterocycles. The van der Waals surface area contributed by atoms with Crippen molar-refractivity contribution in [3.8, 4) is 0 Å². The molecule has 1 saturated heterocycles. The van der Waals surface area contributed by atoms with E-state index in [4.69, 9.17) is 12.2 Å². The molecule has 3 aromatic rings. The highest BCUT2D eigenvalue weighted by molar-refractivity contribution is 7.89. The molecule has 2 aromatic carbocycles. The minimum atomic E-state index is -3.44. The Hall–Kier alpha value is -2.00. The zero-order valence-corrected chi connectivity index (χ0v) is 17.7. The van der Waals surface area contributed by atoms with Crippen LogP contribution in [0, 0.1) is 11.7 Å². The molecule has 8 heteroatoms. The van der Waals surface area contributed by atoms with Crippen molar-refractivity contribution >= 4 is 33.3 Å². The van der Waals surface area contributed by atoms with Crippen molar-refractivity contribution in [2.24, 2.45) is 7.05 Å². The predicted molar refractivity (Wildman–Crippen MR) is 113 cm³/mol. The molecule has 0 N–H and O–H groups in total. The first-order valence-electron chi connectivity index (χ1n) is 9.31. The first kappa shape index (κ1) is 19.3. The van der Waals surface area contributed by atoms with E-state index in [1.807, 2.05) is 42.8 Å². The fraction of sp³-hybridized carbons (Fsp3) is 0.350. The fourth-order valence-corrected chi connectivity index (χ4v) is 5.35. The Balaban J connectivity index is 1.49. The average molecular weight is 417 g/mol. The van der Waals surface area contributed by atoms with Gasteiger partial charge in [0, 0.05) is 33.2 Å². The van der Waals surface area contributed by atoms with Gasteiger partial charge in [0.25, 0.3) is 0 Å². The molecule has 2 heterocycles. The highest BCUT2D eigenvalue weighted by Gasteiger charge is 2.28. The second kappa shape index (κ2) is 7.44. The number of para-hydroxylation sites is 2. The van der Waals surface area contributed by atoms with Crippen LogP contribution >= 0.6 is 12.2 Å². The molecule has 0 spiro atoms. The number of hydrogen-bond donors (Lipinski definition) is 0. The number of sulfonamides is 1. The molecule has 28 heavy (non-hydrogen) atoms. The number of fused-ring (bicyclic) bond motifs is 1. The van der Waals surface area contributed by atoms with Crippen LogP contribution in [0.15, 0.2) is 53.4 Å². The molecule has 0 amide bonds. The highest BCUT2D eigenvalue weighted by atomic mass is 32.2. The van der Waals surface area contributed by atoms with E-state index in [2.05, 4.69) is 21.6 Å². The van der Waals surface area contributed by atoms with Gasteiger partial charge < -0.3 is 9.13 Å². The SMILES string of the molecule is Cc1ccc(S(=O)(=O)N2CCN(Cn3c(=S)n(C)c4ccccc43)CC2)cc1. The Morgan fingerprint density at radius 2 is 1.54 bits per heavy atom. The van der Waals surface area contributed by atoms with Crippen molar-refractivity contribution < 1.29 is 8.42 Å². The monoisotopic (exact) mass is 416 g/mol. The zero-order valence-electron chi connectivity index (χ0n) is 16.1. The van der Waals surface area contributed by atoms with Crippen LogP contribution in [-0.2, 0) is 23.7 Å². The number of rotatable bonds is 4. The van der Waals surface area contributed by atoms with Gasteiger partial charge in [0.2, 0.25) is 10.0 Å². The topological polar surface area (TPSA) is 50.5 Å². The van der Waals surface area contributed by atoms with Gasteiger partial charge in [-0.25, -0.2) is 8.42 Å². The number of nitrogens with zero attached hydrogens (tertiary/aromatic N) is 4. The third-order valence-electron chi connectivity index (χ3n) is 5.38. The molecule has 0 bridgehead atoms. The van der Waals surface area contributed by atoms with Crippen LogP contribution in [-0.4, -0.2) is 52.9 Å². The first-order valence-corrected chi connectivity index (χ1v) is 11.2. The van der Waals surface area contributed by atoms with Gasteiger partial charge in [-0.15, -0.1) is 0 Å². The third-order valence-corrected chi connectivity index (χ3v) is 7.79. The average Bonchev–Trinajstić information content (AvgIpc) is 2.94. The molecular weight excluding hydrogens is 392 g/mol. The van der Waals surface area contributed by atoms with Gasteiger partial charge in [0.15, 0.2) is 4.77 Å². The van der Waals surface area contributed by atoms with Crippen LogP contribution in [0.3, 0.4) is 0 Å². The molecule has 1 aliphatic heterocycles. The van der Waals surface area contributed by atoms with E-state index >= 15 is 0 Å². The third kappa shape index (κ3) is 3.41. The lowest BCUT2D eigenvalue weighted by molar-refractivity contribution is 0.153. The summed E-state index contributed by atoms with van der Waals surface area (Å²) in [4.78, 5) is 2.62. The second-order valence-corrected chi connectivity index (χ2v) is 9.54. The number of piperazine rings is 1. The van der Waals surface area contributed by atoms with Crippen molar-refractivity contribution in [2.45, 2.75) is 18.5 Å². The van der Waals surface area contributed by atoms with Crippen LogP contribution in [0.2, 0.25) is 0 Å². The van der Waals surface area contributed by atoms with Crippen molar-refractivity contribution in [1.82, 2.24) is 18.3 Å². The van der Waals surface area contributed by atoms with Crippen LogP contribution < -0.4 is 0 Å². The molecule has 0 unspecified atom stereocenters. The van der Waals surface area contributed by atoms with E-state index in [1.54, 1.807) is 16.4 Å². The molecule has 1 aliphatic rings. The van der Waals surface area contributed by atoms with Crippen LogP contribution in [0.4, 0.5) is 0 Å². The molecule has 0 aliphatic carbocycles. The summed E-state index contributed by atoms with van der Waals surface area (Å²) in [6, 6.07) is 15.2. The quantitative estimate of drug-likeness (QED) is 0.614. The Morgan fingerprint density at radius 3 is 2.18 bits per heavy atom. The highest BCUT2D eigenvalue weighted by Crippen LogP contribution is 2.20. The van der Waals surface area contributed by atoms with Gasteiger partial charge in [0.05, 0.1) is 22.6 Å². The largest absolute Gasteiger partial charge is 0.320 e. The van der Waals surface area contributed by atoms with E-state index in [9.17, 15) is 8.42 Å². The predicted octanol–water partition coefficient (Wildman–Crippen LogP) is 2.98. The second-order valence-electron chi connectivity index (χ2n) is 7.23. The lowest BCUT2D eigenvalue weighted by Crippen LogP contribution is -2.48. The van der Waals surface area contributed by atoms with E-state index in [0.29, 0.717) is 37.7 Å².